The van der Waals surface area contributed by atoms with E-state index in [1.807, 2.05) is 26.1 Å². The molecule has 3 aromatic rings. The Labute approximate surface area is 307 Å². The minimum atomic E-state index is 0.369. The van der Waals surface area contributed by atoms with Gasteiger partial charge >= 0.3 is 0 Å². The maximum Gasteiger partial charge on any atom is 0.143 e. The van der Waals surface area contributed by atoms with Crippen LogP contribution in [0.1, 0.15) is 25.5 Å². The van der Waals surface area contributed by atoms with Crippen molar-refractivity contribution < 1.29 is 18.9 Å². The van der Waals surface area contributed by atoms with Crippen LogP contribution in [0.2, 0.25) is 6.32 Å². The molecule has 1 saturated heterocycles. The maximum atomic E-state index is 6.18. The van der Waals surface area contributed by atoms with Crippen LogP contribution in [-0.2, 0) is 20.7 Å². The van der Waals surface area contributed by atoms with Gasteiger partial charge in [0.15, 0.2) is 0 Å². The fourth-order valence-corrected chi connectivity index (χ4v) is 6.18. The number of hydrogen-bond acceptors (Lipinski definition) is 10. The molecule has 50 heavy (non-hydrogen) atoms. The Hall–Kier alpha value is -2.82. The van der Waals surface area contributed by atoms with Crippen molar-refractivity contribution in [2.24, 2.45) is 0 Å². The average Bonchev–Trinajstić information content (AvgIpc) is 3.49. The van der Waals surface area contributed by atoms with Gasteiger partial charge in [-0.3, -0.25) is 0 Å². The van der Waals surface area contributed by atoms with Gasteiger partial charge in [0.25, 0.3) is 0 Å². The summed E-state index contributed by atoms with van der Waals surface area (Å²) in [6.07, 6.45) is 3.40. The van der Waals surface area contributed by atoms with Crippen molar-refractivity contribution in [3.05, 3.63) is 48.2 Å². The first-order valence-electron chi connectivity index (χ1n) is 17.6. The smallest absolute Gasteiger partial charge is 0.143 e. The van der Waals surface area contributed by atoms with Gasteiger partial charge in [0.2, 0.25) is 0 Å². The van der Waals surface area contributed by atoms with E-state index in [-0.39, 0.29) is 0 Å². The van der Waals surface area contributed by atoms with E-state index in [0.717, 1.165) is 84.0 Å². The summed E-state index contributed by atoms with van der Waals surface area (Å²) >= 11 is 1.65. The van der Waals surface area contributed by atoms with Crippen LogP contribution in [0.5, 0.6) is 5.75 Å². The van der Waals surface area contributed by atoms with E-state index in [2.05, 4.69) is 86.0 Å². The van der Waals surface area contributed by atoms with E-state index in [4.69, 9.17) is 34.6 Å². The van der Waals surface area contributed by atoms with Gasteiger partial charge in [-0.25, -0.2) is 4.31 Å². The molecule has 13 heteroatoms. The number of aromatic nitrogens is 1. The standard InChI is InChI=1S/C35H51BN6O4S.C2H5B/c1-37-15-19-44-21-23-46-24-22-45-20-18-41(3)47-30-10-11-33(35(26-30)43-4)38-14-6-7-29-25-31-32(8-5-9-34(31)42(29)27-36)39-28-12-16-40(2)17-13-28;1-2-3/h5,8-11,25-26,28,37-39H,12-24,27H2,1-4H3;2H2,1H3. The van der Waals surface area contributed by atoms with E-state index in [0.29, 0.717) is 58.7 Å². The highest BCUT2D eigenvalue weighted by Crippen LogP contribution is 2.32. The van der Waals surface area contributed by atoms with Crippen molar-refractivity contribution in [2.75, 3.05) is 111 Å². The lowest BCUT2D eigenvalue weighted by Gasteiger charge is -2.30. The molecule has 1 aromatic heterocycles. The van der Waals surface area contributed by atoms with Crippen molar-refractivity contribution in [1.29, 1.82) is 0 Å². The third kappa shape index (κ3) is 14.4. The van der Waals surface area contributed by atoms with Crippen molar-refractivity contribution in [3.8, 4) is 17.6 Å². The molecule has 3 N–H and O–H groups in total. The van der Waals surface area contributed by atoms with Gasteiger partial charge in [0.1, 0.15) is 5.75 Å². The Bertz CT molecular complexity index is 1440. The first kappa shape index (κ1) is 41.6. The first-order chi connectivity index (χ1) is 24.4. The number of fused-ring (bicyclic) bond motifs is 1. The highest BCUT2D eigenvalue weighted by molar-refractivity contribution is 7.97. The third-order valence-electron chi connectivity index (χ3n) is 8.02. The Morgan fingerprint density at radius 1 is 0.960 bits per heavy atom. The monoisotopic (exact) mass is 702 g/mol. The van der Waals surface area contributed by atoms with E-state index in [9.17, 15) is 0 Å². The van der Waals surface area contributed by atoms with Gasteiger partial charge in [0, 0.05) is 35.1 Å². The Morgan fingerprint density at radius 2 is 1.66 bits per heavy atom. The number of benzene rings is 2. The molecule has 4 radical (unpaired) electrons. The van der Waals surface area contributed by atoms with Crippen LogP contribution in [0.15, 0.2) is 47.4 Å². The van der Waals surface area contributed by atoms with E-state index in [1.54, 1.807) is 19.1 Å². The van der Waals surface area contributed by atoms with Gasteiger partial charge in [-0.2, -0.15) is 0 Å². The minimum absolute atomic E-state index is 0.369. The highest BCUT2D eigenvalue weighted by Gasteiger charge is 2.18. The molecular weight excluding hydrogens is 646 g/mol. The van der Waals surface area contributed by atoms with Crippen LogP contribution in [-0.4, -0.2) is 136 Å². The van der Waals surface area contributed by atoms with Gasteiger partial charge in [0.05, 0.1) is 85.9 Å². The summed E-state index contributed by atoms with van der Waals surface area (Å²) in [6.45, 7) is 9.88. The van der Waals surface area contributed by atoms with Gasteiger partial charge in [-0.15, -0.1) is 0 Å². The fourth-order valence-electron chi connectivity index (χ4n) is 5.37. The van der Waals surface area contributed by atoms with E-state index < -0.39 is 0 Å². The zero-order valence-electron chi connectivity index (χ0n) is 30.8. The van der Waals surface area contributed by atoms with Crippen LogP contribution >= 0.6 is 11.9 Å². The van der Waals surface area contributed by atoms with Gasteiger partial charge < -0.3 is 44.4 Å². The van der Waals surface area contributed by atoms with Crippen molar-refractivity contribution in [3.63, 3.8) is 0 Å². The molecule has 0 amide bonds. The summed E-state index contributed by atoms with van der Waals surface area (Å²) in [5.74, 6) is 7.39. The SMILES string of the molecule is [B]CC.[B]Cn1c(C#CCNc2ccc(SN(C)CCOCCOCCOCCNC)cc2OC)cc2c(NC3CCN(C)CC3)cccc21. The molecule has 1 fully saturated rings. The highest BCUT2D eigenvalue weighted by atomic mass is 32.2. The predicted molar refractivity (Wildman–Crippen MR) is 211 cm³/mol. The number of likely N-dealkylation sites (N-methyl/N-ethyl adjacent to an activating group) is 2. The normalized spacial score (nSPS) is 13.5. The van der Waals surface area contributed by atoms with Crippen LogP contribution in [0.25, 0.3) is 10.9 Å². The summed E-state index contributed by atoms with van der Waals surface area (Å²) in [5, 5.41) is 11.4. The molecule has 2 heterocycles. The molecule has 10 nitrogen and oxygen atoms in total. The summed E-state index contributed by atoms with van der Waals surface area (Å²) in [5.41, 5.74) is 4.05. The van der Waals surface area contributed by atoms with Crippen molar-refractivity contribution >= 4 is 49.9 Å². The number of likely N-dealkylation sites (tertiary alicyclic amines) is 1. The molecule has 2 aromatic carbocycles. The summed E-state index contributed by atoms with van der Waals surface area (Å²) < 4.78 is 26.6. The largest absolute Gasteiger partial charge is 0.495 e. The Kier molecular flexibility index (Phi) is 20.3. The van der Waals surface area contributed by atoms with Gasteiger partial charge in [-0.1, -0.05) is 25.2 Å². The van der Waals surface area contributed by atoms with Gasteiger partial charge in [-0.05, 0) is 108 Å². The minimum Gasteiger partial charge on any atom is -0.495 e. The second-order valence-corrected chi connectivity index (χ2v) is 13.2. The van der Waals surface area contributed by atoms with Crippen LogP contribution in [0.3, 0.4) is 0 Å². The molecule has 270 valence electrons. The molecule has 0 saturated carbocycles. The lowest BCUT2D eigenvalue weighted by Crippen LogP contribution is -2.36. The third-order valence-corrected chi connectivity index (χ3v) is 8.97. The molecule has 0 bridgehead atoms. The van der Waals surface area contributed by atoms with Crippen LogP contribution in [0.4, 0.5) is 11.4 Å². The topological polar surface area (TPSA) is 84.4 Å². The van der Waals surface area contributed by atoms with E-state index in [1.165, 1.54) is 0 Å². The van der Waals surface area contributed by atoms with Crippen LogP contribution < -0.4 is 20.7 Å². The number of hydrogen-bond donors (Lipinski definition) is 3. The molecule has 0 spiro atoms. The quantitative estimate of drug-likeness (QED) is 0.0676. The number of rotatable bonds is 20. The lowest BCUT2D eigenvalue weighted by atomic mass is 10.0. The van der Waals surface area contributed by atoms with E-state index >= 15 is 0 Å². The second-order valence-electron chi connectivity index (χ2n) is 11.9. The molecule has 0 atom stereocenters. The number of methoxy groups -OCH3 is 1. The number of piperidine rings is 1. The Morgan fingerprint density at radius 3 is 2.34 bits per heavy atom. The zero-order chi connectivity index (χ0) is 36.0. The first-order valence-corrected chi connectivity index (χ1v) is 18.4. The number of anilines is 2. The lowest BCUT2D eigenvalue weighted by molar-refractivity contribution is 0.0146. The van der Waals surface area contributed by atoms with Crippen LogP contribution in [0, 0.1) is 11.8 Å². The summed E-state index contributed by atoms with van der Waals surface area (Å²) in [7, 11) is 18.9. The maximum absolute atomic E-state index is 6.18. The number of nitrogens with zero attached hydrogens (tertiary/aromatic N) is 3. The molecule has 1 aliphatic rings. The summed E-state index contributed by atoms with van der Waals surface area (Å²) in [4.78, 5) is 3.47. The molecule has 0 unspecified atom stereocenters. The average molecular weight is 703 g/mol. The number of nitrogens with one attached hydrogen (secondary N) is 3. The Balaban J connectivity index is 0.00000217. The predicted octanol–water partition coefficient (Wildman–Crippen LogP) is 4.55. The van der Waals surface area contributed by atoms with Crippen molar-refractivity contribution in [1.82, 2.24) is 19.1 Å². The molecule has 0 aliphatic carbocycles. The molecular formula is C37H56B2N6O4S. The summed E-state index contributed by atoms with van der Waals surface area (Å²) in [6, 6.07) is 15.1. The molecule has 4 rings (SSSR count). The zero-order valence-corrected chi connectivity index (χ0v) is 31.6. The fraction of sp³-hybridized carbons (Fsp3) is 0.568. The number of ether oxygens (including phenoxy) is 4. The van der Waals surface area contributed by atoms with Crippen molar-refractivity contribution in [2.45, 2.75) is 43.5 Å². The molecule has 1 aliphatic heterocycles. The second kappa shape index (κ2) is 24.4.